The third-order valence-electron chi connectivity index (χ3n) is 2.75. The van der Waals surface area contributed by atoms with E-state index in [4.69, 9.17) is 11.5 Å². The van der Waals surface area contributed by atoms with Crippen LogP contribution in [0.2, 0.25) is 0 Å². The Kier molecular flexibility index (Phi) is 3.04. The number of hydrogen-bond acceptors (Lipinski definition) is 5. The number of nitrogens with two attached hydrogens (primary N) is 2. The molecule has 0 unspecified atom stereocenters. The first-order chi connectivity index (χ1) is 7.65. The molecule has 0 radical (unpaired) electrons. The molecule has 0 aliphatic carbocycles. The zero-order chi connectivity index (χ0) is 11.5. The molecule has 4 N–H and O–H groups in total. The van der Waals surface area contributed by atoms with Gasteiger partial charge in [-0.2, -0.15) is 0 Å². The van der Waals surface area contributed by atoms with Crippen molar-refractivity contribution in [1.29, 1.82) is 0 Å². The monoisotopic (exact) mass is 224 g/mol. The number of nitrogen functional groups attached to an aromatic ring is 1. The first kappa shape index (κ1) is 10.9. The van der Waals surface area contributed by atoms with Crippen molar-refractivity contribution in [3.63, 3.8) is 0 Å². The summed E-state index contributed by atoms with van der Waals surface area (Å²) in [5, 5.41) is 7.36. The molecule has 1 aromatic rings. The maximum atomic E-state index is 11.8. The summed E-state index contributed by atoms with van der Waals surface area (Å²) in [6, 6.07) is 0.228. The minimum atomic E-state index is 0.0387. The fraction of sp³-hybridized carbons (Fsp3) is 0.667. The van der Waals surface area contributed by atoms with E-state index in [9.17, 15) is 4.79 Å². The number of aromatic nitrogens is 3. The molecule has 7 heteroatoms. The van der Waals surface area contributed by atoms with Crippen LogP contribution in [0.4, 0.5) is 5.82 Å². The Labute approximate surface area is 93.4 Å². The van der Waals surface area contributed by atoms with Crippen LogP contribution in [-0.2, 0) is 11.3 Å². The molecule has 2 rings (SSSR count). The van der Waals surface area contributed by atoms with Crippen molar-refractivity contribution in [2.75, 3.05) is 18.8 Å². The van der Waals surface area contributed by atoms with E-state index >= 15 is 0 Å². The molecular formula is C9H16N6O. The predicted molar refractivity (Wildman–Crippen MR) is 58.2 cm³/mol. The molecule has 0 atom stereocenters. The molecule has 0 aromatic carbocycles. The van der Waals surface area contributed by atoms with Gasteiger partial charge in [0.05, 0.1) is 6.20 Å². The zero-order valence-corrected chi connectivity index (χ0v) is 9.04. The maximum Gasteiger partial charge on any atom is 0.244 e. The Hall–Kier alpha value is -1.63. The van der Waals surface area contributed by atoms with Gasteiger partial charge in [-0.1, -0.05) is 5.21 Å². The lowest BCUT2D eigenvalue weighted by molar-refractivity contribution is -0.133. The van der Waals surface area contributed by atoms with Crippen molar-refractivity contribution in [3.05, 3.63) is 6.20 Å². The highest BCUT2D eigenvalue weighted by atomic mass is 16.2. The molecule has 1 aromatic heterocycles. The SMILES string of the molecule is Nc1cn(CC(=O)N2CCC(N)CC2)nn1. The fourth-order valence-corrected chi connectivity index (χ4v) is 1.78. The molecule has 0 bridgehead atoms. The molecule has 88 valence electrons. The van der Waals surface area contributed by atoms with Gasteiger partial charge in [0.25, 0.3) is 0 Å². The third-order valence-corrected chi connectivity index (χ3v) is 2.75. The van der Waals surface area contributed by atoms with Gasteiger partial charge in [0, 0.05) is 19.1 Å². The summed E-state index contributed by atoms with van der Waals surface area (Å²) >= 11 is 0. The van der Waals surface area contributed by atoms with Crippen LogP contribution in [0, 0.1) is 0 Å². The first-order valence-electron chi connectivity index (χ1n) is 5.34. The van der Waals surface area contributed by atoms with Crippen molar-refractivity contribution in [2.45, 2.75) is 25.4 Å². The summed E-state index contributed by atoms with van der Waals surface area (Å²) in [4.78, 5) is 13.6. The predicted octanol–water partition coefficient (Wildman–Crippen LogP) is -1.19. The molecular weight excluding hydrogens is 208 g/mol. The quantitative estimate of drug-likeness (QED) is 0.657. The van der Waals surface area contributed by atoms with Crippen LogP contribution in [0.25, 0.3) is 0 Å². The Morgan fingerprint density at radius 3 is 2.75 bits per heavy atom. The Morgan fingerprint density at radius 2 is 2.19 bits per heavy atom. The number of anilines is 1. The van der Waals surface area contributed by atoms with Crippen molar-refractivity contribution in [2.24, 2.45) is 5.73 Å². The summed E-state index contributed by atoms with van der Waals surface area (Å²) in [6.07, 6.45) is 3.28. The average Bonchev–Trinajstić information content (AvgIpc) is 2.65. The molecule has 2 heterocycles. The number of hydrogen-bond donors (Lipinski definition) is 2. The van der Waals surface area contributed by atoms with E-state index in [1.807, 2.05) is 0 Å². The van der Waals surface area contributed by atoms with Crippen LogP contribution in [-0.4, -0.2) is 44.9 Å². The summed E-state index contributed by atoms with van der Waals surface area (Å²) in [6.45, 7) is 1.65. The minimum absolute atomic E-state index is 0.0387. The molecule has 0 saturated carbocycles. The van der Waals surface area contributed by atoms with Gasteiger partial charge in [-0.05, 0) is 12.8 Å². The van der Waals surface area contributed by atoms with Crippen molar-refractivity contribution in [3.8, 4) is 0 Å². The average molecular weight is 224 g/mol. The molecule has 1 aliphatic heterocycles. The van der Waals surface area contributed by atoms with Gasteiger partial charge < -0.3 is 16.4 Å². The number of carbonyl (C=O) groups excluding carboxylic acids is 1. The summed E-state index contributed by atoms with van der Waals surface area (Å²) in [5.74, 6) is 0.366. The second-order valence-electron chi connectivity index (χ2n) is 4.06. The van der Waals surface area contributed by atoms with E-state index in [1.165, 1.54) is 4.68 Å². The number of rotatable bonds is 2. The fourth-order valence-electron chi connectivity index (χ4n) is 1.78. The minimum Gasteiger partial charge on any atom is -0.381 e. The van der Waals surface area contributed by atoms with Gasteiger partial charge in [-0.3, -0.25) is 4.79 Å². The first-order valence-corrected chi connectivity index (χ1v) is 5.34. The second kappa shape index (κ2) is 4.48. The second-order valence-corrected chi connectivity index (χ2v) is 4.06. The van der Waals surface area contributed by atoms with Crippen LogP contribution in [0.15, 0.2) is 6.20 Å². The number of amides is 1. The molecule has 1 fully saturated rings. The van der Waals surface area contributed by atoms with E-state index < -0.39 is 0 Å². The molecule has 1 amide bonds. The smallest absolute Gasteiger partial charge is 0.244 e. The van der Waals surface area contributed by atoms with E-state index in [1.54, 1.807) is 11.1 Å². The Balaban J connectivity index is 1.88. The van der Waals surface area contributed by atoms with Crippen LogP contribution in [0.1, 0.15) is 12.8 Å². The highest BCUT2D eigenvalue weighted by Crippen LogP contribution is 2.08. The van der Waals surface area contributed by atoms with Crippen molar-refractivity contribution < 1.29 is 4.79 Å². The lowest BCUT2D eigenvalue weighted by Crippen LogP contribution is -2.44. The third kappa shape index (κ3) is 2.48. The number of likely N-dealkylation sites (tertiary alicyclic amines) is 1. The van der Waals surface area contributed by atoms with Gasteiger partial charge in [0.2, 0.25) is 5.91 Å². The largest absolute Gasteiger partial charge is 0.381 e. The Bertz CT molecular complexity index is 368. The van der Waals surface area contributed by atoms with E-state index in [-0.39, 0.29) is 18.5 Å². The van der Waals surface area contributed by atoms with E-state index in [2.05, 4.69) is 10.3 Å². The molecule has 7 nitrogen and oxygen atoms in total. The van der Waals surface area contributed by atoms with Crippen molar-refractivity contribution in [1.82, 2.24) is 19.9 Å². The van der Waals surface area contributed by atoms with Gasteiger partial charge in [0.15, 0.2) is 5.82 Å². The lowest BCUT2D eigenvalue weighted by atomic mass is 10.1. The molecule has 0 spiro atoms. The standard InChI is InChI=1S/C9H16N6O/c10-7-1-3-14(4-2-7)9(16)6-15-5-8(11)12-13-15/h5,7H,1-4,6,10-11H2. The normalized spacial score (nSPS) is 17.7. The summed E-state index contributed by atoms with van der Waals surface area (Å²) in [5.41, 5.74) is 11.2. The van der Waals surface area contributed by atoms with E-state index in [0.717, 1.165) is 25.9 Å². The van der Waals surface area contributed by atoms with Crippen molar-refractivity contribution >= 4 is 11.7 Å². The Morgan fingerprint density at radius 1 is 1.50 bits per heavy atom. The lowest BCUT2D eigenvalue weighted by Gasteiger charge is -2.30. The number of piperidine rings is 1. The van der Waals surface area contributed by atoms with Gasteiger partial charge >= 0.3 is 0 Å². The molecule has 16 heavy (non-hydrogen) atoms. The summed E-state index contributed by atoms with van der Waals surface area (Å²) < 4.78 is 1.45. The molecule has 1 saturated heterocycles. The maximum absolute atomic E-state index is 11.8. The molecule has 1 aliphatic rings. The van der Waals surface area contributed by atoms with Crippen LogP contribution in [0.5, 0.6) is 0 Å². The summed E-state index contributed by atoms with van der Waals surface area (Å²) in [7, 11) is 0. The van der Waals surface area contributed by atoms with Crippen LogP contribution < -0.4 is 11.5 Å². The highest BCUT2D eigenvalue weighted by Gasteiger charge is 2.20. The zero-order valence-electron chi connectivity index (χ0n) is 9.04. The highest BCUT2D eigenvalue weighted by molar-refractivity contribution is 5.76. The van der Waals surface area contributed by atoms with Gasteiger partial charge in [-0.15, -0.1) is 5.10 Å². The van der Waals surface area contributed by atoms with Gasteiger partial charge in [0.1, 0.15) is 6.54 Å². The number of carbonyl (C=O) groups is 1. The number of nitrogens with zero attached hydrogens (tertiary/aromatic N) is 4. The van der Waals surface area contributed by atoms with Crippen LogP contribution in [0.3, 0.4) is 0 Å². The van der Waals surface area contributed by atoms with Gasteiger partial charge in [-0.25, -0.2) is 4.68 Å². The van der Waals surface area contributed by atoms with Crippen LogP contribution >= 0.6 is 0 Å². The van der Waals surface area contributed by atoms with E-state index in [0.29, 0.717) is 5.82 Å². The topological polar surface area (TPSA) is 103 Å².